The molecule has 0 radical (unpaired) electrons. The Morgan fingerprint density at radius 1 is 1.25 bits per heavy atom. The van der Waals surface area contributed by atoms with E-state index in [0.29, 0.717) is 6.42 Å². The minimum Gasteiger partial charge on any atom is -0.478 e. The number of carbonyl (C=O) groups is 2. The fourth-order valence-electron chi connectivity index (χ4n) is 2.02. The molecule has 0 atom stereocenters. The maximum atomic E-state index is 11.9. The number of nitrogens with zero attached hydrogens (tertiary/aromatic N) is 1. The molecule has 1 heterocycles. The molecule has 1 aliphatic heterocycles. The average Bonchev–Trinajstić information content (AvgIpc) is 2.38. The highest BCUT2D eigenvalue weighted by atomic mass is 32.2. The van der Waals surface area contributed by atoms with Gasteiger partial charge in [-0.2, -0.15) is 0 Å². The first kappa shape index (κ1) is 14.5. The second kappa shape index (κ2) is 4.59. The summed E-state index contributed by atoms with van der Waals surface area (Å²) in [6, 6.07) is 6.14. The molecule has 1 aromatic rings. The number of sulfonamides is 1. The number of carboxylic acid groups (broad SMARTS) is 1. The van der Waals surface area contributed by atoms with Crippen molar-refractivity contribution in [2.24, 2.45) is 0 Å². The first-order chi connectivity index (χ1) is 9.18. The molecule has 108 valence electrons. The molecule has 0 spiro atoms. The van der Waals surface area contributed by atoms with Gasteiger partial charge in [0.25, 0.3) is 15.9 Å². The summed E-state index contributed by atoms with van der Waals surface area (Å²) in [6.45, 7) is 2.86. The van der Waals surface area contributed by atoms with Crippen LogP contribution in [0.25, 0.3) is 0 Å². The zero-order valence-electron chi connectivity index (χ0n) is 11.2. The Morgan fingerprint density at radius 2 is 1.80 bits per heavy atom. The number of carbonyl (C=O) groups excluding carboxylic acids is 1. The van der Waals surface area contributed by atoms with Crippen LogP contribution in [0, 0.1) is 0 Å². The van der Waals surface area contributed by atoms with Crippen molar-refractivity contribution >= 4 is 21.9 Å². The van der Waals surface area contributed by atoms with Crippen LogP contribution in [-0.2, 0) is 21.2 Å². The summed E-state index contributed by atoms with van der Waals surface area (Å²) in [4.78, 5) is 22.4. The summed E-state index contributed by atoms with van der Waals surface area (Å²) in [5.74, 6) is -1.42. The highest BCUT2D eigenvalue weighted by Crippen LogP contribution is 2.34. The lowest BCUT2D eigenvalue weighted by Gasteiger charge is -2.43. The van der Waals surface area contributed by atoms with E-state index in [9.17, 15) is 18.0 Å². The van der Waals surface area contributed by atoms with Crippen LogP contribution in [0.4, 0.5) is 0 Å². The van der Waals surface area contributed by atoms with Crippen LogP contribution in [0.3, 0.4) is 0 Å². The first-order valence-electron chi connectivity index (χ1n) is 6.07. The Labute approximate surface area is 117 Å². The van der Waals surface area contributed by atoms with Gasteiger partial charge >= 0.3 is 5.97 Å². The van der Waals surface area contributed by atoms with Gasteiger partial charge in [0.1, 0.15) is 0 Å². The van der Waals surface area contributed by atoms with Gasteiger partial charge in [-0.15, -0.1) is 0 Å². The second-order valence-electron chi connectivity index (χ2n) is 5.14. The largest absolute Gasteiger partial charge is 0.478 e. The Morgan fingerprint density at radius 3 is 2.25 bits per heavy atom. The third-order valence-electron chi connectivity index (χ3n) is 3.48. The topological polar surface area (TPSA) is 91.8 Å². The number of hydrogen-bond donors (Lipinski definition) is 1. The molecule has 0 bridgehead atoms. The highest BCUT2D eigenvalue weighted by molar-refractivity contribution is 7.94. The summed E-state index contributed by atoms with van der Waals surface area (Å²) in [6.07, 6.45) is 0.362. The predicted molar refractivity (Wildman–Crippen MR) is 71.8 cm³/mol. The molecule has 1 aliphatic rings. The van der Waals surface area contributed by atoms with E-state index in [1.807, 2.05) is 0 Å². The van der Waals surface area contributed by atoms with Crippen LogP contribution in [0.2, 0.25) is 0 Å². The highest BCUT2D eigenvalue weighted by Gasteiger charge is 2.59. The van der Waals surface area contributed by atoms with Gasteiger partial charge in [-0.1, -0.05) is 12.1 Å². The number of carboxylic acids is 1. The number of aromatic carboxylic acids is 1. The molecule has 0 unspecified atom stereocenters. The number of hydrogen-bond acceptors (Lipinski definition) is 4. The SMILES string of the molecule is CC1(C)C(=O)N(CCc2ccc(C(=O)O)cc2)S1(=O)=O. The summed E-state index contributed by atoms with van der Waals surface area (Å²) >= 11 is 0. The van der Waals surface area contributed by atoms with E-state index in [1.54, 1.807) is 12.1 Å². The van der Waals surface area contributed by atoms with E-state index in [0.717, 1.165) is 9.87 Å². The van der Waals surface area contributed by atoms with Gasteiger partial charge in [0.2, 0.25) is 0 Å². The van der Waals surface area contributed by atoms with Crippen molar-refractivity contribution in [1.29, 1.82) is 0 Å². The normalized spacial score (nSPS) is 19.5. The zero-order chi connectivity index (χ0) is 15.1. The van der Waals surface area contributed by atoms with Crippen molar-refractivity contribution in [3.8, 4) is 0 Å². The molecule has 7 heteroatoms. The van der Waals surface area contributed by atoms with E-state index in [4.69, 9.17) is 5.11 Å². The number of benzene rings is 1. The average molecular weight is 297 g/mol. The van der Waals surface area contributed by atoms with Crippen molar-refractivity contribution in [2.75, 3.05) is 6.54 Å². The Kier molecular flexibility index (Phi) is 3.33. The Balaban J connectivity index is 2.04. The van der Waals surface area contributed by atoms with Gasteiger partial charge in [0, 0.05) is 6.54 Å². The molecule has 6 nitrogen and oxygen atoms in total. The van der Waals surface area contributed by atoms with Gasteiger partial charge < -0.3 is 5.11 Å². The standard InChI is InChI=1S/C13H15NO5S/c1-13(2)12(17)14(20(13,18)19)8-7-9-3-5-10(6-4-9)11(15)16/h3-6H,7-8H2,1-2H3,(H,15,16). The summed E-state index contributed by atoms with van der Waals surface area (Å²) < 4.78 is 23.3. The molecule has 0 aromatic heterocycles. The van der Waals surface area contributed by atoms with Crippen molar-refractivity contribution in [2.45, 2.75) is 25.0 Å². The maximum absolute atomic E-state index is 11.9. The molecule has 1 aromatic carbocycles. The van der Waals surface area contributed by atoms with Gasteiger partial charge in [0.05, 0.1) is 5.56 Å². The summed E-state index contributed by atoms with van der Waals surface area (Å²) in [5, 5.41) is 8.77. The molecule has 1 amide bonds. The zero-order valence-corrected chi connectivity index (χ0v) is 12.0. The monoisotopic (exact) mass is 297 g/mol. The molecular weight excluding hydrogens is 282 g/mol. The van der Waals surface area contributed by atoms with Gasteiger partial charge in [-0.25, -0.2) is 17.5 Å². The van der Waals surface area contributed by atoms with Crippen LogP contribution in [0.15, 0.2) is 24.3 Å². The fourth-order valence-corrected chi connectivity index (χ4v) is 3.55. The van der Waals surface area contributed by atoms with E-state index in [-0.39, 0.29) is 12.1 Å². The van der Waals surface area contributed by atoms with Crippen LogP contribution >= 0.6 is 0 Å². The lowest BCUT2D eigenvalue weighted by Crippen LogP contribution is -2.67. The van der Waals surface area contributed by atoms with Crippen molar-refractivity contribution in [1.82, 2.24) is 4.31 Å². The van der Waals surface area contributed by atoms with Crippen molar-refractivity contribution < 1.29 is 23.1 Å². The molecular formula is C13H15NO5S. The molecule has 1 fully saturated rings. The first-order valence-corrected chi connectivity index (χ1v) is 7.51. The van der Waals surface area contributed by atoms with Crippen LogP contribution in [0.5, 0.6) is 0 Å². The smallest absolute Gasteiger partial charge is 0.335 e. The predicted octanol–water partition coefficient (Wildman–Crippen LogP) is 0.878. The quantitative estimate of drug-likeness (QED) is 0.890. The number of amides is 1. The lowest BCUT2D eigenvalue weighted by molar-refractivity contribution is -0.132. The molecule has 1 saturated heterocycles. The third kappa shape index (κ3) is 2.07. The molecule has 0 saturated carbocycles. The van der Waals surface area contributed by atoms with Crippen LogP contribution in [0.1, 0.15) is 29.8 Å². The lowest BCUT2D eigenvalue weighted by atomic mass is 10.1. The minimum atomic E-state index is -3.55. The summed E-state index contributed by atoms with van der Waals surface area (Å²) in [7, 11) is -3.55. The van der Waals surface area contributed by atoms with Gasteiger partial charge in [-0.3, -0.25) is 4.79 Å². The van der Waals surface area contributed by atoms with Gasteiger partial charge in [-0.05, 0) is 38.0 Å². The minimum absolute atomic E-state index is 0.0804. The molecule has 20 heavy (non-hydrogen) atoms. The van der Waals surface area contributed by atoms with Crippen LogP contribution in [-0.4, -0.2) is 41.0 Å². The molecule has 1 N–H and O–H groups in total. The summed E-state index contributed by atoms with van der Waals surface area (Å²) in [5.41, 5.74) is 0.949. The fraction of sp³-hybridized carbons (Fsp3) is 0.385. The van der Waals surface area contributed by atoms with Crippen LogP contribution < -0.4 is 0 Å². The number of rotatable bonds is 4. The maximum Gasteiger partial charge on any atom is 0.335 e. The molecule has 0 aliphatic carbocycles. The van der Waals surface area contributed by atoms with E-state index < -0.39 is 26.6 Å². The Bertz CT molecular complexity index is 661. The van der Waals surface area contributed by atoms with Gasteiger partial charge in [0.15, 0.2) is 4.75 Å². The van der Waals surface area contributed by atoms with E-state index in [1.165, 1.54) is 26.0 Å². The van der Waals surface area contributed by atoms with Crippen molar-refractivity contribution in [3.05, 3.63) is 35.4 Å². The van der Waals surface area contributed by atoms with Crippen molar-refractivity contribution in [3.63, 3.8) is 0 Å². The Hall–Kier alpha value is -1.89. The van der Waals surface area contributed by atoms with E-state index >= 15 is 0 Å². The molecule has 2 rings (SSSR count). The second-order valence-corrected chi connectivity index (χ2v) is 7.56. The third-order valence-corrected chi connectivity index (χ3v) is 5.87. The van der Waals surface area contributed by atoms with E-state index in [2.05, 4.69) is 0 Å².